The van der Waals surface area contributed by atoms with Gasteiger partial charge in [-0.25, -0.2) is 0 Å². The highest BCUT2D eigenvalue weighted by molar-refractivity contribution is 5.76. The molecule has 2 fully saturated rings. The summed E-state index contributed by atoms with van der Waals surface area (Å²) in [6.45, 7) is 1.58. The molecule has 0 aromatic carbocycles. The van der Waals surface area contributed by atoms with Crippen LogP contribution in [0.2, 0.25) is 0 Å². The fraction of sp³-hybridized carbons (Fsp3) is 0.923. The summed E-state index contributed by atoms with van der Waals surface area (Å²) in [6.07, 6.45) is 9.50. The Labute approximate surface area is 98.2 Å². The Morgan fingerprint density at radius 2 is 2.00 bits per heavy atom. The van der Waals surface area contributed by atoms with E-state index in [9.17, 15) is 4.79 Å². The fourth-order valence-electron chi connectivity index (χ4n) is 3.52. The standard InChI is InChI=1S/C13H24N2O/c14-10-13(11-4-2-1-3-5-11)7-6-12(16)15-9-8-13/h11H,1-10,14H2,(H,15,16). The molecule has 1 amide bonds. The van der Waals surface area contributed by atoms with Crippen molar-refractivity contribution in [3.05, 3.63) is 0 Å². The highest BCUT2D eigenvalue weighted by atomic mass is 16.1. The maximum absolute atomic E-state index is 11.4. The van der Waals surface area contributed by atoms with Crippen molar-refractivity contribution >= 4 is 5.91 Å². The van der Waals surface area contributed by atoms with Gasteiger partial charge >= 0.3 is 0 Å². The van der Waals surface area contributed by atoms with E-state index < -0.39 is 0 Å². The number of carbonyl (C=O) groups is 1. The van der Waals surface area contributed by atoms with Crippen LogP contribution in [0.25, 0.3) is 0 Å². The molecular weight excluding hydrogens is 200 g/mol. The van der Waals surface area contributed by atoms with Crippen LogP contribution in [0.4, 0.5) is 0 Å². The van der Waals surface area contributed by atoms with Crippen LogP contribution < -0.4 is 11.1 Å². The van der Waals surface area contributed by atoms with Crippen molar-refractivity contribution in [1.82, 2.24) is 5.32 Å². The normalized spacial score (nSPS) is 33.2. The molecule has 2 aliphatic rings. The van der Waals surface area contributed by atoms with Crippen LogP contribution in [0.5, 0.6) is 0 Å². The van der Waals surface area contributed by atoms with Gasteiger partial charge in [0.2, 0.25) is 5.91 Å². The molecule has 2 rings (SSSR count). The van der Waals surface area contributed by atoms with Gasteiger partial charge in [0, 0.05) is 13.0 Å². The molecule has 3 nitrogen and oxygen atoms in total. The molecule has 3 heteroatoms. The molecule has 16 heavy (non-hydrogen) atoms. The number of rotatable bonds is 2. The van der Waals surface area contributed by atoms with E-state index in [2.05, 4.69) is 5.32 Å². The Balaban J connectivity index is 2.06. The average Bonchev–Trinajstić information content (AvgIpc) is 2.53. The number of nitrogens with two attached hydrogens (primary N) is 1. The van der Waals surface area contributed by atoms with E-state index in [1.807, 2.05) is 0 Å². The van der Waals surface area contributed by atoms with Crippen LogP contribution in [-0.4, -0.2) is 19.0 Å². The summed E-state index contributed by atoms with van der Waals surface area (Å²) in [5.74, 6) is 0.977. The van der Waals surface area contributed by atoms with Crippen molar-refractivity contribution in [1.29, 1.82) is 0 Å². The van der Waals surface area contributed by atoms with E-state index in [4.69, 9.17) is 5.73 Å². The lowest BCUT2D eigenvalue weighted by atomic mass is 9.65. The summed E-state index contributed by atoms with van der Waals surface area (Å²) in [7, 11) is 0. The summed E-state index contributed by atoms with van der Waals surface area (Å²) in [5.41, 5.74) is 6.29. The number of amides is 1. The van der Waals surface area contributed by atoms with Crippen molar-refractivity contribution in [2.75, 3.05) is 13.1 Å². The third-order valence-electron chi connectivity index (χ3n) is 4.67. The van der Waals surface area contributed by atoms with Gasteiger partial charge in [-0.3, -0.25) is 4.79 Å². The van der Waals surface area contributed by atoms with Crippen LogP contribution in [0.1, 0.15) is 51.4 Å². The molecule has 0 spiro atoms. The second-order valence-corrected chi connectivity index (χ2v) is 5.50. The average molecular weight is 224 g/mol. The molecule has 0 aromatic heterocycles. The summed E-state index contributed by atoms with van der Waals surface area (Å²) in [6, 6.07) is 0. The quantitative estimate of drug-likeness (QED) is 0.751. The zero-order chi connectivity index (χ0) is 11.4. The van der Waals surface area contributed by atoms with Crippen molar-refractivity contribution in [3.63, 3.8) is 0 Å². The molecule has 0 aromatic rings. The van der Waals surface area contributed by atoms with Crippen LogP contribution in [0.15, 0.2) is 0 Å². The molecular formula is C13H24N2O. The van der Waals surface area contributed by atoms with E-state index in [-0.39, 0.29) is 11.3 Å². The van der Waals surface area contributed by atoms with Crippen LogP contribution in [-0.2, 0) is 4.79 Å². The number of nitrogens with one attached hydrogen (secondary N) is 1. The molecule has 1 aliphatic heterocycles. The lowest BCUT2D eigenvalue weighted by Crippen LogP contribution is -2.39. The second kappa shape index (κ2) is 5.17. The maximum atomic E-state index is 11.4. The van der Waals surface area contributed by atoms with Gasteiger partial charge in [-0.05, 0) is 43.6 Å². The molecule has 92 valence electrons. The van der Waals surface area contributed by atoms with Crippen molar-refractivity contribution < 1.29 is 4.79 Å². The first-order chi connectivity index (χ1) is 7.77. The SMILES string of the molecule is NCC1(C2CCCCC2)CCNC(=O)CC1. The Hall–Kier alpha value is -0.570. The molecule has 1 aliphatic carbocycles. The maximum Gasteiger partial charge on any atom is 0.220 e. The molecule has 1 saturated heterocycles. The monoisotopic (exact) mass is 224 g/mol. The number of hydrogen-bond acceptors (Lipinski definition) is 2. The fourth-order valence-corrected chi connectivity index (χ4v) is 3.52. The largest absolute Gasteiger partial charge is 0.356 e. The van der Waals surface area contributed by atoms with E-state index >= 15 is 0 Å². The Morgan fingerprint density at radius 1 is 1.25 bits per heavy atom. The van der Waals surface area contributed by atoms with Crippen LogP contribution in [0.3, 0.4) is 0 Å². The highest BCUT2D eigenvalue weighted by Crippen LogP contribution is 2.44. The van der Waals surface area contributed by atoms with E-state index in [1.54, 1.807) is 0 Å². The van der Waals surface area contributed by atoms with Crippen LogP contribution in [0, 0.1) is 11.3 Å². The van der Waals surface area contributed by atoms with Crippen molar-refractivity contribution in [2.45, 2.75) is 51.4 Å². The first-order valence-electron chi connectivity index (χ1n) is 6.74. The lowest BCUT2D eigenvalue weighted by molar-refractivity contribution is -0.121. The third kappa shape index (κ3) is 2.40. The third-order valence-corrected chi connectivity index (χ3v) is 4.67. The highest BCUT2D eigenvalue weighted by Gasteiger charge is 2.39. The molecule has 0 radical (unpaired) electrons. The first-order valence-corrected chi connectivity index (χ1v) is 6.74. The zero-order valence-corrected chi connectivity index (χ0v) is 10.1. The molecule has 1 atom stereocenters. The molecule has 1 unspecified atom stereocenters. The van der Waals surface area contributed by atoms with Gasteiger partial charge in [0.05, 0.1) is 0 Å². The van der Waals surface area contributed by atoms with Gasteiger partial charge in [0.1, 0.15) is 0 Å². The Kier molecular flexibility index (Phi) is 3.85. The Morgan fingerprint density at radius 3 is 2.69 bits per heavy atom. The predicted molar refractivity (Wildman–Crippen MR) is 64.9 cm³/mol. The van der Waals surface area contributed by atoms with Gasteiger partial charge in [-0.1, -0.05) is 19.3 Å². The van der Waals surface area contributed by atoms with Gasteiger partial charge in [0.15, 0.2) is 0 Å². The molecule has 1 heterocycles. The first kappa shape index (κ1) is 11.9. The van der Waals surface area contributed by atoms with E-state index in [1.165, 1.54) is 32.1 Å². The van der Waals surface area contributed by atoms with E-state index in [0.29, 0.717) is 6.42 Å². The summed E-state index contributed by atoms with van der Waals surface area (Å²) >= 11 is 0. The smallest absolute Gasteiger partial charge is 0.220 e. The van der Waals surface area contributed by atoms with Gasteiger partial charge in [-0.2, -0.15) is 0 Å². The van der Waals surface area contributed by atoms with Crippen LogP contribution >= 0.6 is 0 Å². The summed E-state index contributed by atoms with van der Waals surface area (Å²) in [5, 5.41) is 2.98. The van der Waals surface area contributed by atoms with E-state index in [0.717, 1.165) is 31.8 Å². The Bertz CT molecular complexity index is 248. The minimum absolute atomic E-state index is 0.214. The molecule has 1 saturated carbocycles. The predicted octanol–water partition coefficient (Wildman–Crippen LogP) is 1.81. The minimum atomic E-state index is 0.214. The van der Waals surface area contributed by atoms with Crippen molar-refractivity contribution in [3.8, 4) is 0 Å². The van der Waals surface area contributed by atoms with Gasteiger partial charge in [0.25, 0.3) is 0 Å². The topological polar surface area (TPSA) is 55.1 Å². The summed E-state index contributed by atoms with van der Waals surface area (Å²) < 4.78 is 0. The summed E-state index contributed by atoms with van der Waals surface area (Å²) in [4.78, 5) is 11.4. The zero-order valence-electron chi connectivity index (χ0n) is 10.1. The van der Waals surface area contributed by atoms with Gasteiger partial charge in [-0.15, -0.1) is 0 Å². The lowest BCUT2D eigenvalue weighted by Gasteiger charge is -2.41. The second-order valence-electron chi connectivity index (χ2n) is 5.50. The minimum Gasteiger partial charge on any atom is -0.356 e. The molecule has 3 N–H and O–H groups in total. The number of hydrogen-bond donors (Lipinski definition) is 2. The molecule has 0 bridgehead atoms. The van der Waals surface area contributed by atoms with Crippen molar-refractivity contribution in [2.24, 2.45) is 17.1 Å². The number of carbonyl (C=O) groups excluding carboxylic acids is 1. The van der Waals surface area contributed by atoms with Gasteiger partial charge < -0.3 is 11.1 Å².